The maximum Gasteiger partial charge on any atom is 0.238 e. The van der Waals surface area contributed by atoms with Crippen molar-refractivity contribution in [3.05, 3.63) is 204 Å². The summed E-state index contributed by atoms with van der Waals surface area (Å²) in [5.41, 5.74) is 11.5. The van der Waals surface area contributed by atoms with Crippen LogP contribution in [0.3, 0.4) is 0 Å². The van der Waals surface area contributed by atoms with Crippen molar-refractivity contribution < 1.29 is 0 Å². The summed E-state index contributed by atoms with van der Waals surface area (Å²) in [4.78, 5) is 18.2. The lowest BCUT2D eigenvalue weighted by Gasteiger charge is -2.40. The molecule has 0 bridgehead atoms. The van der Waals surface area contributed by atoms with Gasteiger partial charge in [-0.1, -0.05) is 182 Å². The minimum absolute atomic E-state index is 0.474. The predicted octanol–water partition coefficient (Wildman–Crippen LogP) is 12.3. The third-order valence-electron chi connectivity index (χ3n) is 11.5. The zero-order valence-corrected chi connectivity index (χ0v) is 30.3. The molecule has 0 radical (unpaired) electrons. The first-order valence-corrected chi connectivity index (χ1v) is 19.4. The lowest BCUT2D eigenvalue weighted by Crippen LogP contribution is -2.32. The van der Waals surface area contributed by atoms with Crippen molar-refractivity contribution in [3.63, 3.8) is 0 Å². The van der Waals surface area contributed by atoms with Gasteiger partial charge >= 0.3 is 0 Å². The van der Waals surface area contributed by atoms with E-state index in [4.69, 9.17) is 15.0 Å². The van der Waals surface area contributed by atoms with Crippen LogP contribution in [-0.2, 0) is 5.41 Å². The Kier molecular flexibility index (Phi) is 6.45. The van der Waals surface area contributed by atoms with Gasteiger partial charge in [0.1, 0.15) is 0 Å². The van der Waals surface area contributed by atoms with E-state index in [-0.39, 0.29) is 0 Å². The molecule has 0 unspecified atom stereocenters. The van der Waals surface area contributed by atoms with Crippen molar-refractivity contribution >= 4 is 44.3 Å². The first-order chi connectivity index (χ1) is 27.3. The molecule has 0 saturated heterocycles. The van der Waals surface area contributed by atoms with E-state index in [1.807, 2.05) is 48.2 Å². The summed E-state index contributed by atoms with van der Waals surface area (Å²) in [5.74, 6) is 1.87. The molecule has 3 heterocycles. The number of aromatic nitrogens is 4. The second-order valence-corrected chi connectivity index (χ2v) is 15.4. The predicted molar refractivity (Wildman–Crippen MR) is 224 cm³/mol. The number of hydrogen-bond acceptors (Lipinski definition) is 4. The van der Waals surface area contributed by atoms with Gasteiger partial charge in [0.05, 0.1) is 16.4 Å². The number of fused-ring (bicyclic) bond motifs is 15. The number of benzene rings is 8. The summed E-state index contributed by atoms with van der Waals surface area (Å²) in [7, 11) is 0. The summed E-state index contributed by atoms with van der Waals surface area (Å²) in [6.45, 7) is 0. The molecule has 55 heavy (non-hydrogen) atoms. The van der Waals surface area contributed by atoms with Crippen molar-refractivity contribution in [2.45, 2.75) is 15.2 Å². The van der Waals surface area contributed by atoms with E-state index in [1.165, 1.54) is 59.3 Å². The van der Waals surface area contributed by atoms with Gasteiger partial charge < -0.3 is 0 Å². The average Bonchev–Trinajstić information content (AvgIpc) is 3.76. The van der Waals surface area contributed by atoms with Crippen LogP contribution in [0.25, 0.3) is 72.4 Å². The van der Waals surface area contributed by atoms with Gasteiger partial charge in [0.25, 0.3) is 0 Å². The Bertz CT molecular complexity index is 3080. The highest BCUT2D eigenvalue weighted by Gasteiger charge is 2.50. The first-order valence-electron chi connectivity index (χ1n) is 18.6. The Morgan fingerprint density at radius 1 is 0.436 bits per heavy atom. The Morgan fingerprint density at radius 2 is 1.02 bits per heavy atom. The molecule has 2 aliphatic rings. The minimum atomic E-state index is -0.474. The van der Waals surface area contributed by atoms with E-state index in [2.05, 4.69) is 150 Å². The van der Waals surface area contributed by atoms with Gasteiger partial charge in [-0.25, -0.2) is 4.98 Å². The monoisotopic (exact) mass is 718 g/mol. The third-order valence-corrected chi connectivity index (χ3v) is 12.7. The minimum Gasteiger partial charge on any atom is -0.277 e. The Labute approximate surface area is 321 Å². The van der Waals surface area contributed by atoms with Gasteiger partial charge in [0, 0.05) is 37.1 Å². The largest absolute Gasteiger partial charge is 0.277 e. The molecule has 5 heteroatoms. The second kappa shape index (κ2) is 11.6. The second-order valence-electron chi connectivity index (χ2n) is 14.3. The van der Waals surface area contributed by atoms with Crippen molar-refractivity contribution in [2.75, 3.05) is 0 Å². The molecular weight excluding hydrogens is 689 g/mol. The maximum atomic E-state index is 5.29. The van der Waals surface area contributed by atoms with Crippen LogP contribution >= 0.6 is 11.8 Å². The van der Waals surface area contributed by atoms with E-state index < -0.39 is 5.41 Å². The molecule has 0 saturated carbocycles. The molecule has 2 aromatic heterocycles. The van der Waals surface area contributed by atoms with Crippen LogP contribution in [0.4, 0.5) is 0 Å². The van der Waals surface area contributed by atoms with Crippen LogP contribution in [0.2, 0.25) is 0 Å². The molecule has 0 atom stereocenters. The van der Waals surface area contributed by atoms with Gasteiger partial charge in [-0.2, -0.15) is 9.97 Å². The molecule has 0 N–H and O–H groups in total. The third kappa shape index (κ3) is 4.21. The number of rotatable bonds is 3. The smallest absolute Gasteiger partial charge is 0.238 e. The highest BCUT2D eigenvalue weighted by Crippen LogP contribution is 2.63. The molecular formula is C50H30N4S. The average molecular weight is 719 g/mol. The van der Waals surface area contributed by atoms with Gasteiger partial charge in [0.15, 0.2) is 11.6 Å². The van der Waals surface area contributed by atoms with Gasteiger partial charge in [0.2, 0.25) is 5.95 Å². The highest BCUT2D eigenvalue weighted by molar-refractivity contribution is 7.99. The normalized spacial score (nSPS) is 13.5. The lowest BCUT2D eigenvalue weighted by atomic mass is 9.67. The summed E-state index contributed by atoms with van der Waals surface area (Å²) < 4.78 is 2.29. The standard InChI is InChI=1S/C50H30N4S/c1-3-16-32(17-4-1)47-51-48(33-18-5-2-6-19-33)53-49(52-47)54-42-30-29-41-46(44(42)37-28-27-31-15-7-8-20-34(31)45(37)54)55-43-26-14-13-25-40(43)50(41)38-23-11-9-21-35(38)36-22-10-12-24-39(36)50/h1-30H. The summed E-state index contributed by atoms with van der Waals surface area (Å²) in [6, 6.07) is 65.4. The number of hydrogen-bond donors (Lipinski definition) is 0. The summed E-state index contributed by atoms with van der Waals surface area (Å²) in [5, 5.41) is 4.71. The molecule has 0 amide bonds. The Morgan fingerprint density at radius 3 is 1.71 bits per heavy atom. The van der Waals surface area contributed by atoms with Gasteiger partial charge in [-0.05, 0) is 50.9 Å². The summed E-state index contributed by atoms with van der Waals surface area (Å²) in [6.07, 6.45) is 0. The van der Waals surface area contributed by atoms with Crippen LogP contribution in [-0.4, -0.2) is 19.5 Å². The van der Waals surface area contributed by atoms with E-state index in [0.717, 1.165) is 27.5 Å². The molecule has 4 nitrogen and oxygen atoms in total. The maximum absolute atomic E-state index is 5.29. The molecule has 0 fully saturated rings. The van der Waals surface area contributed by atoms with Crippen LogP contribution < -0.4 is 0 Å². The molecule has 1 spiro atoms. The Hall–Kier alpha value is -6.82. The Balaban J connectivity index is 1.24. The first kappa shape index (κ1) is 30.6. The van der Waals surface area contributed by atoms with Crippen LogP contribution in [0.1, 0.15) is 22.3 Å². The van der Waals surface area contributed by atoms with Crippen molar-refractivity contribution in [3.8, 4) is 39.9 Å². The molecule has 256 valence electrons. The fourth-order valence-corrected chi connectivity index (χ4v) is 10.6. The lowest BCUT2D eigenvalue weighted by molar-refractivity contribution is 0.726. The van der Waals surface area contributed by atoms with Crippen molar-refractivity contribution in [2.24, 2.45) is 0 Å². The van der Waals surface area contributed by atoms with Crippen LogP contribution in [0.15, 0.2) is 192 Å². The van der Waals surface area contributed by atoms with Gasteiger partial charge in [-0.15, -0.1) is 0 Å². The zero-order valence-electron chi connectivity index (χ0n) is 29.5. The fourth-order valence-electron chi connectivity index (χ4n) is 9.28. The van der Waals surface area contributed by atoms with Crippen LogP contribution in [0.5, 0.6) is 0 Å². The topological polar surface area (TPSA) is 43.6 Å². The SMILES string of the molecule is c1ccc(-c2nc(-c3ccccc3)nc(-n3c4ccc5c(c4c4ccc6ccccc6c43)Sc3ccccc3C53c4ccccc4-c4ccccc43)n2)cc1. The summed E-state index contributed by atoms with van der Waals surface area (Å²) >= 11 is 1.88. The molecule has 1 aliphatic heterocycles. The zero-order chi connectivity index (χ0) is 36.1. The molecule has 8 aromatic carbocycles. The van der Waals surface area contributed by atoms with E-state index in [9.17, 15) is 0 Å². The van der Waals surface area contributed by atoms with E-state index in [0.29, 0.717) is 17.6 Å². The molecule has 1 aliphatic carbocycles. The number of nitrogens with zero attached hydrogens (tertiary/aromatic N) is 4. The van der Waals surface area contributed by atoms with Crippen molar-refractivity contribution in [1.82, 2.24) is 19.5 Å². The van der Waals surface area contributed by atoms with Gasteiger partial charge in [-0.3, -0.25) is 4.57 Å². The highest BCUT2D eigenvalue weighted by atomic mass is 32.2. The van der Waals surface area contributed by atoms with E-state index >= 15 is 0 Å². The van der Waals surface area contributed by atoms with Crippen LogP contribution in [0, 0.1) is 0 Å². The fraction of sp³-hybridized carbons (Fsp3) is 0.0200. The van der Waals surface area contributed by atoms with E-state index in [1.54, 1.807) is 0 Å². The van der Waals surface area contributed by atoms with Crippen molar-refractivity contribution in [1.29, 1.82) is 0 Å². The molecule has 12 rings (SSSR count). The molecule has 10 aromatic rings. The quantitative estimate of drug-likeness (QED) is 0.182.